The van der Waals surface area contributed by atoms with Crippen molar-refractivity contribution in [1.29, 1.82) is 0 Å². The first-order valence-corrected chi connectivity index (χ1v) is 10.1. The summed E-state index contributed by atoms with van der Waals surface area (Å²) in [4.78, 5) is 21.2. The second kappa shape index (κ2) is 7.41. The van der Waals surface area contributed by atoms with Crippen molar-refractivity contribution in [1.82, 2.24) is 14.8 Å². The maximum absolute atomic E-state index is 12.8. The summed E-state index contributed by atoms with van der Waals surface area (Å²) in [5, 5.41) is 11.4. The molecule has 0 spiro atoms. The van der Waals surface area contributed by atoms with Gasteiger partial charge in [0.1, 0.15) is 11.6 Å². The van der Waals surface area contributed by atoms with Gasteiger partial charge in [0.25, 0.3) is 0 Å². The molecule has 0 unspecified atom stereocenters. The van der Waals surface area contributed by atoms with Crippen LogP contribution in [-0.2, 0) is 11.3 Å². The van der Waals surface area contributed by atoms with Gasteiger partial charge >= 0.3 is 0 Å². The summed E-state index contributed by atoms with van der Waals surface area (Å²) in [6.07, 6.45) is 0. The standard InChI is InChI=1S/C21H23N3O3S/c1-13(23(2)3)21(26)24-8-9-27-19-15(12-24)10-14(11-17(19)25)20-22-16-6-4-5-7-18(16)28-20/h4-7,10-11,13,25H,8-9,12H2,1-3H3/t13-/m1/s1. The Balaban J connectivity index is 1.70. The third kappa shape index (κ3) is 3.43. The summed E-state index contributed by atoms with van der Waals surface area (Å²) in [6.45, 7) is 3.14. The van der Waals surface area contributed by atoms with Crippen LogP contribution in [0, 0.1) is 0 Å². The minimum atomic E-state index is -0.220. The summed E-state index contributed by atoms with van der Waals surface area (Å²) in [5.74, 6) is 0.589. The van der Waals surface area contributed by atoms with Gasteiger partial charge in [-0.2, -0.15) is 0 Å². The Morgan fingerprint density at radius 2 is 2.11 bits per heavy atom. The normalized spacial score (nSPS) is 15.2. The number of aromatic nitrogens is 1. The van der Waals surface area contributed by atoms with Crippen molar-refractivity contribution in [3.8, 4) is 22.1 Å². The lowest BCUT2D eigenvalue weighted by atomic mass is 10.1. The van der Waals surface area contributed by atoms with Gasteiger partial charge < -0.3 is 14.7 Å². The molecule has 1 aliphatic rings. The van der Waals surface area contributed by atoms with Gasteiger partial charge in [-0.05, 0) is 45.3 Å². The quantitative estimate of drug-likeness (QED) is 0.734. The van der Waals surface area contributed by atoms with Crippen LogP contribution >= 0.6 is 11.3 Å². The number of para-hydroxylation sites is 1. The fourth-order valence-corrected chi connectivity index (χ4v) is 4.24. The van der Waals surface area contributed by atoms with E-state index in [-0.39, 0.29) is 17.7 Å². The van der Waals surface area contributed by atoms with Crippen LogP contribution in [-0.4, -0.2) is 59.1 Å². The molecule has 1 amide bonds. The van der Waals surface area contributed by atoms with Gasteiger partial charge in [-0.25, -0.2) is 4.98 Å². The molecular formula is C21H23N3O3S. The van der Waals surface area contributed by atoms with E-state index in [1.54, 1.807) is 22.3 Å². The van der Waals surface area contributed by atoms with E-state index in [2.05, 4.69) is 4.98 Å². The molecule has 4 rings (SSSR count). The molecule has 146 valence electrons. The second-order valence-corrected chi connectivity index (χ2v) is 8.25. The number of likely N-dealkylation sites (N-methyl/N-ethyl adjacent to an activating group) is 1. The number of fused-ring (bicyclic) bond motifs is 2. The molecule has 0 bridgehead atoms. The average Bonchev–Trinajstić information content (AvgIpc) is 2.99. The number of phenols is 1. The molecule has 2 aromatic carbocycles. The van der Waals surface area contributed by atoms with Crippen LogP contribution in [0.2, 0.25) is 0 Å². The third-order valence-electron chi connectivity index (χ3n) is 5.10. The molecule has 7 heteroatoms. The minimum absolute atomic E-state index is 0.0475. The smallest absolute Gasteiger partial charge is 0.240 e. The third-order valence-corrected chi connectivity index (χ3v) is 6.19. The largest absolute Gasteiger partial charge is 0.504 e. The van der Waals surface area contributed by atoms with E-state index in [0.717, 1.165) is 26.4 Å². The predicted molar refractivity (Wildman–Crippen MR) is 111 cm³/mol. The van der Waals surface area contributed by atoms with Crippen LogP contribution in [0.25, 0.3) is 20.8 Å². The molecule has 1 aromatic heterocycles. The van der Waals surface area contributed by atoms with E-state index < -0.39 is 0 Å². The topological polar surface area (TPSA) is 65.9 Å². The maximum Gasteiger partial charge on any atom is 0.240 e. The maximum atomic E-state index is 12.8. The van der Waals surface area contributed by atoms with Crippen molar-refractivity contribution in [3.63, 3.8) is 0 Å². The molecular weight excluding hydrogens is 374 g/mol. The van der Waals surface area contributed by atoms with Gasteiger partial charge in [0.2, 0.25) is 5.91 Å². The number of rotatable bonds is 3. The van der Waals surface area contributed by atoms with Crippen molar-refractivity contribution in [2.45, 2.75) is 19.5 Å². The van der Waals surface area contributed by atoms with Crippen LogP contribution in [0.5, 0.6) is 11.5 Å². The molecule has 0 saturated carbocycles. The monoisotopic (exact) mass is 397 g/mol. The first kappa shape index (κ1) is 18.7. The number of thiazole rings is 1. The summed E-state index contributed by atoms with van der Waals surface area (Å²) in [7, 11) is 3.78. The Bertz CT molecular complexity index is 998. The number of hydrogen-bond donors (Lipinski definition) is 1. The average molecular weight is 398 g/mol. The van der Waals surface area contributed by atoms with Crippen LogP contribution < -0.4 is 4.74 Å². The molecule has 0 fully saturated rings. The van der Waals surface area contributed by atoms with E-state index >= 15 is 0 Å². The van der Waals surface area contributed by atoms with Crippen molar-refractivity contribution < 1.29 is 14.6 Å². The van der Waals surface area contributed by atoms with E-state index in [1.807, 2.05) is 56.3 Å². The van der Waals surface area contributed by atoms with E-state index in [1.165, 1.54) is 0 Å². The lowest BCUT2D eigenvalue weighted by Crippen LogP contribution is -2.44. The lowest BCUT2D eigenvalue weighted by molar-refractivity contribution is -0.136. The number of benzene rings is 2. The Kier molecular flexibility index (Phi) is 4.95. The van der Waals surface area contributed by atoms with Crippen LogP contribution in [0.4, 0.5) is 0 Å². The molecule has 0 saturated heterocycles. The SMILES string of the molecule is C[C@H](C(=O)N1CCOc2c(O)cc(-c3nc4ccccc4s3)cc2C1)N(C)C. The zero-order chi connectivity index (χ0) is 19.8. The number of aromatic hydroxyl groups is 1. The Morgan fingerprint density at radius 1 is 1.32 bits per heavy atom. The van der Waals surface area contributed by atoms with E-state index in [4.69, 9.17) is 4.74 Å². The van der Waals surface area contributed by atoms with Gasteiger partial charge in [-0.15, -0.1) is 11.3 Å². The van der Waals surface area contributed by atoms with Crippen molar-refractivity contribution in [3.05, 3.63) is 42.0 Å². The summed E-state index contributed by atoms with van der Waals surface area (Å²) >= 11 is 1.58. The second-order valence-electron chi connectivity index (χ2n) is 7.22. The number of nitrogens with zero attached hydrogens (tertiary/aromatic N) is 3. The van der Waals surface area contributed by atoms with Crippen molar-refractivity contribution >= 4 is 27.5 Å². The zero-order valence-electron chi connectivity index (χ0n) is 16.2. The fraction of sp³-hybridized carbons (Fsp3) is 0.333. The molecule has 2 heterocycles. The summed E-state index contributed by atoms with van der Waals surface area (Å²) in [5.41, 5.74) is 2.56. The highest BCUT2D eigenvalue weighted by Crippen LogP contribution is 2.39. The Morgan fingerprint density at radius 3 is 2.86 bits per heavy atom. The molecule has 1 atom stereocenters. The Labute approximate surface area is 168 Å². The first-order valence-electron chi connectivity index (χ1n) is 9.24. The number of carbonyl (C=O) groups is 1. The molecule has 0 aliphatic carbocycles. The van der Waals surface area contributed by atoms with Gasteiger partial charge in [0.15, 0.2) is 11.5 Å². The number of ether oxygens (including phenoxy) is 1. The lowest BCUT2D eigenvalue weighted by Gasteiger charge is -2.27. The van der Waals surface area contributed by atoms with Crippen molar-refractivity contribution in [2.24, 2.45) is 0 Å². The summed E-state index contributed by atoms with van der Waals surface area (Å²) < 4.78 is 6.87. The Hall–Kier alpha value is -2.64. The van der Waals surface area contributed by atoms with Crippen LogP contribution in [0.3, 0.4) is 0 Å². The molecule has 3 aromatic rings. The van der Waals surface area contributed by atoms with Crippen LogP contribution in [0.15, 0.2) is 36.4 Å². The number of phenolic OH excluding ortho intramolecular Hbond substituents is 1. The highest BCUT2D eigenvalue weighted by Gasteiger charge is 2.27. The van der Waals surface area contributed by atoms with E-state index in [9.17, 15) is 9.90 Å². The van der Waals surface area contributed by atoms with Crippen LogP contribution in [0.1, 0.15) is 12.5 Å². The fourth-order valence-electron chi connectivity index (χ4n) is 3.29. The first-order chi connectivity index (χ1) is 13.4. The molecule has 1 N–H and O–H groups in total. The van der Waals surface area contributed by atoms with Gasteiger partial charge in [-0.1, -0.05) is 12.1 Å². The molecule has 1 aliphatic heterocycles. The predicted octanol–water partition coefficient (Wildman–Crippen LogP) is 3.34. The highest BCUT2D eigenvalue weighted by atomic mass is 32.1. The van der Waals surface area contributed by atoms with E-state index in [0.29, 0.717) is 25.4 Å². The number of hydrogen-bond acceptors (Lipinski definition) is 6. The number of carbonyl (C=O) groups excluding carboxylic acids is 1. The highest BCUT2D eigenvalue weighted by molar-refractivity contribution is 7.21. The zero-order valence-corrected chi connectivity index (χ0v) is 17.0. The van der Waals surface area contributed by atoms with Gasteiger partial charge in [0, 0.05) is 17.7 Å². The minimum Gasteiger partial charge on any atom is -0.504 e. The molecule has 28 heavy (non-hydrogen) atoms. The molecule has 0 radical (unpaired) electrons. The summed E-state index contributed by atoms with van der Waals surface area (Å²) in [6, 6.07) is 11.4. The van der Waals surface area contributed by atoms with Gasteiger partial charge in [0.05, 0.1) is 22.8 Å². The van der Waals surface area contributed by atoms with Gasteiger partial charge in [-0.3, -0.25) is 9.69 Å². The molecule has 6 nitrogen and oxygen atoms in total. The van der Waals surface area contributed by atoms with Crippen molar-refractivity contribution in [2.75, 3.05) is 27.2 Å². The number of amides is 1.